The third kappa shape index (κ3) is 5.22. The van der Waals surface area contributed by atoms with E-state index < -0.39 is 0 Å². The Morgan fingerprint density at radius 1 is 1.34 bits per heavy atom. The van der Waals surface area contributed by atoms with Crippen molar-refractivity contribution >= 4 is 28.2 Å². The second-order valence-corrected chi connectivity index (χ2v) is 8.69. The van der Waals surface area contributed by atoms with Crippen molar-refractivity contribution < 1.29 is 18.7 Å². The largest absolute Gasteiger partial charge is 0.462 e. The van der Waals surface area contributed by atoms with Crippen molar-refractivity contribution in [2.75, 3.05) is 25.5 Å². The first kappa shape index (κ1) is 21.5. The van der Waals surface area contributed by atoms with Crippen molar-refractivity contribution in [3.8, 4) is 0 Å². The van der Waals surface area contributed by atoms with Crippen molar-refractivity contribution in [2.24, 2.45) is 5.92 Å². The molecule has 3 rings (SSSR count). The molecule has 0 fully saturated rings. The Morgan fingerprint density at radius 2 is 2.10 bits per heavy atom. The molecule has 7 heteroatoms. The zero-order chi connectivity index (χ0) is 21.0. The number of amides is 1. The van der Waals surface area contributed by atoms with E-state index in [1.807, 2.05) is 0 Å². The fourth-order valence-electron chi connectivity index (χ4n) is 3.64. The molecule has 0 saturated carbocycles. The molecule has 0 bridgehead atoms. The van der Waals surface area contributed by atoms with Gasteiger partial charge in [-0.05, 0) is 50.8 Å². The van der Waals surface area contributed by atoms with E-state index in [-0.39, 0.29) is 24.2 Å². The van der Waals surface area contributed by atoms with E-state index in [9.17, 15) is 14.0 Å². The van der Waals surface area contributed by atoms with E-state index in [0.717, 1.165) is 29.7 Å². The maximum absolute atomic E-state index is 13.8. The van der Waals surface area contributed by atoms with Crippen LogP contribution in [0.5, 0.6) is 0 Å². The van der Waals surface area contributed by atoms with Crippen molar-refractivity contribution in [1.29, 1.82) is 0 Å². The van der Waals surface area contributed by atoms with E-state index in [4.69, 9.17) is 4.74 Å². The summed E-state index contributed by atoms with van der Waals surface area (Å²) < 4.78 is 19.1. The molecule has 0 spiro atoms. The van der Waals surface area contributed by atoms with Crippen LogP contribution in [-0.2, 0) is 28.9 Å². The van der Waals surface area contributed by atoms with Gasteiger partial charge in [-0.25, -0.2) is 9.18 Å². The average Bonchev–Trinajstić information content (AvgIpc) is 3.00. The standard InChI is InChI=1S/C22H27FN2O3S/c1-4-28-22(27)20-16-10-9-14(2)11-18(16)29-21(20)24-19(26)13-25(3)12-15-7-5-6-8-17(15)23/h5-8,14H,4,9-13H2,1-3H3,(H,24,26). The molecule has 1 unspecified atom stereocenters. The van der Waals surface area contributed by atoms with Crippen LogP contribution in [0.1, 0.15) is 46.6 Å². The smallest absolute Gasteiger partial charge is 0.341 e. The molecule has 1 aliphatic rings. The SMILES string of the molecule is CCOC(=O)c1c(NC(=O)CN(C)Cc2ccccc2F)sc2c1CCC(C)C2. The zero-order valence-electron chi connectivity index (χ0n) is 17.1. The number of halogens is 1. The second kappa shape index (κ2) is 9.50. The van der Waals surface area contributed by atoms with E-state index in [2.05, 4.69) is 12.2 Å². The number of carbonyl (C=O) groups excluding carboxylic acids is 2. The lowest BCUT2D eigenvalue weighted by Crippen LogP contribution is -2.30. The van der Waals surface area contributed by atoms with Crippen LogP contribution in [0.4, 0.5) is 9.39 Å². The summed E-state index contributed by atoms with van der Waals surface area (Å²) in [6.45, 7) is 4.68. The molecule has 1 aromatic carbocycles. The fourth-order valence-corrected chi connectivity index (χ4v) is 5.06. The molecule has 0 radical (unpaired) electrons. The Bertz CT molecular complexity index is 896. The highest BCUT2D eigenvalue weighted by Crippen LogP contribution is 2.40. The van der Waals surface area contributed by atoms with E-state index in [1.54, 1.807) is 37.1 Å². The first-order valence-electron chi connectivity index (χ1n) is 9.92. The summed E-state index contributed by atoms with van der Waals surface area (Å²) in [5.74, 6) is -0.341. The number of hydrogen-bond donors (Lipinski definition) is 1. The average molecular weight is 419 g/mol. The topological polar surface area (TPSA) is 58.6 Å². The Morgan fingerprint density at radius 3 is 2.83 bits per heavy atom. The summed E-state index contributed by atoms with van der Waals surface area (Å²) in [5, 5.41) is 3.46. The highest BCUT2D eigenvalue weighted by Gasteiger charge is 2.29. The number of fused-ring (bicyclic) bond motifs is 1. The summed E-state index contributed by atoms with van der Waals surface area (Å²) in [5.41, 5.74) is 2.06. The lowest BCUT2D eigenvalue weighted by molar-refractivity contribution is -0.117. The lowest BCUT2D eigenvalue weighted by atomic mass is 9.88. The van der Waals surface area contributed by atoms with Crippen LogP contribution >= 0.6 is 11.3 Å². The summed E-state index contributed by atoms with van der Waals surface area (Å²) in [4.78, 5) is 28.1. The summed E-state index contributed by atoms with van der Waals surface area (Å²) >= 11 is 1.47. The van der Waals surface area contributed by atoms with Crippen molar-refractivity contribution in [3.05, 3.63) is 51.7 Å². The van der Waals surface area contributed by atoms with Gasteiger partial charge in [-0.3, -0.25) is 9.69 Å². The number of rotatable bonds is 7. The van der Waals surface area contributed by atoms with Gasteiger partial charge in [-0.15, -0.1) is 11.3 Å². The number of carbonyl (C=O) groups is 2. The lowest BCUT2D eigenvalue weighted by Gasteiger charge is -2.18. The summed E-state index contributed by atoms with van der Waals surface area (Å²) in [7, 11) is 1.76. The quantitative estimate of drug-likeness (QED) is 0.683. The van der Waals surface area contributed by atoms with Gasteiger partial charge in [0.25, 0.3) is 0 Å². The molecule has 1 aromatic heterocycles. The molecule has 0 aliphatic heterocycles. The molecule has 5 nitrogen and oxygen atoms in total. The van der Waals surface area contributed by atoms with Gasteiger partial charge in [-0.2, -0.15) is 0 Å². The van der Waals surface area contributed by atoms with Gasteiger partial charge in [0.2, 0.25) is 5.91 Å². The summed E-state index contributed by atoms with van der Waals surface area (Å²) in [6, 6.07) is 6.53. The maximum atomic E-state index is 13.8. The van der Waals surface area contributed by atoms with Gasteiger partial charge in [-0.1, -0.05) is 25.1 Å². The Kier molecular flexibility index (Phi) is 7.03. The van der Waals surface area contributed by atoms with Gasteiger partial charge < -0.3 is 10.1 Å². The third-order valence-electron chi connectivity index (χ3n) is 5.06. The number of benzene rings is 1. The predicted octanol–water partition coefficient (Wildman–Crippen LogP) is 4.26. The molecule has 29 heavy (non-hydrogen) atoms. The molecular weight excluding hydrogens is 391 g/mol. The minimum absolute atomic E-state index is 0.0928. The first-order chi connectivity index (χ1) is 13.9. The zero-order valence-corrected chi connectivity index (χ0v) is 17.9. The van der Waals surface area contributed by atoms with Gasteiger partial charge in [0.1, 0.15) is 10.8 Å². The van der Waals surface area contributed by atoms with E-state index >= 15 is 0 Å². The molecule has 0 saturated heterocycles. The number of anilines is 1. The number of ether oxygens (including phenoxy) is 1. The van der Waals surface area contributed by atoms with Crippen molar-refractivity contribution in [3.63, 3.8) is 0 Å². The van der Waals surface area contributed by atoms with Gasteiger partial charge in [0.05, 0.1) is 18.7 Å². The van der Waals surface area contributed by atoms with E-state index in [1.165, 1.54) is 17.4 Å². The van der Waals surface area contributed by atoms with Crippen LogP contribution in [0.25, 0.3) is 0 Å². The number of esters is 1. The minimum atomic E-state index is -0.380. The number of nitrogens with zero attached hydrogens (tertiary/aromatic N) is 1. The van der Waals surface area contributed by atoms with Crippen LogP contribution in [0, 0.1) is 11.7 Å². The molecule has 1 amide bonds. The van der Waals surface area contributed by atoms with Crippen LogP contribution < -0.4 is 5.32 Å². The van der Waals surface area contributed by atoms with Crippen LogP contribution in [0.2, 0.25) is 0 Å². The molecule has 2 aromatic rings. The monoisotopic (exact) mass is 418 g/mol. The second-order valence-electron chi connectivity index (χ2n) is 7.59. The van der Waals surface area contributed by atoms with Gasteiger partial charge in [0.15, 0.2) is 0 Å². The van der Waals surface area contributed by atoms with Gasteiger partial charge >= 0.3 is 5.97 Å². The molecule has 1 heterocycles. The number of nitrogens with one attached hydrogen (secondary N) is 1. The van der Waals surface area contributed by atoms with Crippen LogP contribution in [0.3, 0.4) is 0 Å². The highest BCUT2D eigenvalue weighted by molar-refractivity contribution is 7.17. The third-order valence-corrected chi connectivity index (χ3v) is 6.23. The number of hydrogen-bond acceptors (Lipinski definition) is 5. The first-order valence-corrected chi connectivity index (χ1v) is 10.7. The van der Waals surface area contributed by atoms with Crippen LogP contribution in [-0.4, -0.2) is 37.0 Å². The maximum Gasteiger partial charge on any atom is 0.341 e. The molecular formula is C22H27FN2O3S. The molecule has 156 valence electrons. The summed E-state index contributed by atoms with van der Waals surface area (Å²) in [6.07, 6.45) is 2.76. The highest BCUT2D eigenvalue weighted by atomic mass is 32.1. The Hall–Kier alpha value is -2.25. The number of likely N-dealkylation sites (N-methyl/N-ethyl adjacent to an activating group) is 1. The molecule has 1 aliphatic carbocycles. The predicted molar refractivity (Wildman–Crippen MR) is 113 cm³/mol. The normalized spacial score (nSPS) is 15.8. The Balaban J connectivity index is 1.72. The minimum Gasteiger partial charge on any atom is -0.462 e. The van der Waals surface area contributed by atoms with Crippen molar-refractivity contribution in [2.45, 2.75) is 39.7 Å². The fraction of sp³-hybridized carbons (Fsp3) is 0.455. The van der Waals surface area contributed by atoms with Crippen LogP contribution in [0.15, 0.2) is 24.3 Å². The van der Waals surface area contributed by atoms with E-state index in [0.29, 0.717) is 35.2 Å². The van der Waals surface area contributed by atoms with Crippen molar-refractivity contribution in [1.82, 2.24) is 4.90 Å². The Labute approximate surface area is 174 Å². The number of thiophene rings is 1. The molecule has 1 N–H and O–H groups in total. The van der Waals surface area contributed by atoms with Gasteiger partial charge in [0, 0.05) is 17.0 Å². The molecule has 1 atom stereocenters.